The van der Waals surface area contributed by atoms with Gasteiger partial charge in [-0.15, -0.1) is 0 Å². The summed E-state index contributed by atoms with van der Waals surface area (Å²) < 4.78 is 12.5. The van der Waals surface area contributed by atoms with Crippen LogP contribution in [0.1, 0.15) is 39.2 Å². The lowest BCUT2D eigenvalue weighted by Crippen LogP contribution is -2.06. The first kappa shape index (κ1) is 17.3. The zero-order chi connectivity index (χ0) is 15.0. The van der Waals surface area contributed by atoms with Crippen LogP contribution in [0.25, 0.3) is 0 Å². The van der Waals surface area contributed by atoms with Gasteiger partial charge in [0.25, 0.3) is 0 Å². The quantitative estimate of drug-likeness (QED) is 0.684. The molecule has 0 radical (unpaired) electrons. The summed E-state index contributed by atoms with van der Waals surface area (Å²) >= 11 is 3.57. The highest BCUT2D eigenvalue weighted by Gasteiger charge is 2.12. The third kappa shape index (κ3) is 5.71. The Labute approximate surface area is 131 Å². The van der Waals surface area contributed by atoms with Gasteiger partial charge < -0.3 is 15.2 Å². The third-order valence-electron chi connectivity index (χ3n) is 2.97. The Hall–Kier alpha value is -0.740. The SMILES string of the molecule is CCOc1cc(CCN)cc(Br)c1OCCCC(C)C. The summed E-state index contributed by atoms with van der Waals surface area (Å²) in [6.45, 7) is 8.40. The monoisotopic (exact) mass is 343 g/mol. The van der Waals surface area contributed by atoms with Crippen LogP contribution in [0.4, 0.5) is 0 Å². The van der Waals surface area contributed by atoms with Gasteiger partial charge in [0.1, 0.15) is 0 Å². The summed E-state index contributed by atoms with van der Waals surface area (Å²) in [6, 6.07) is 4.09. The predicted octanol–water partition coefficient (Wildman–Crippen LogP) is 4.16. The van der Waals surface area contributed by atoms with Crippen LogP contribution in [0.2, 0.25) is 0 Å². The van der Waals surface area contributed by atoms with Crippen molar-refractivity contribution in [1.82, 2.24) is 0 Å². The maximum absolute atomic E-state index is 5.90. The minimum Gasteiger partial charge on any atom is -0.490 e. The van der Waals surface area contributed by atoms with E-state index < -0.39 is 0 Å². The molecule has 0 aliphatic heterocycles. The summed E-state index contributed by atoms with van der Waals surface area (Å²) in [4.78, 5) is 0. The molecule has 2 N–H and O–H groups in total. The molecule has 0 saturated heterocycles. The van der Waals surface area contributed by atoms with Gasteiger partial charge in [-0.25, -0.2) is 0 Å². The molecule has 20 heavy (non-hydrogen) atoms. The van der Waals surface area contributed by atoms with Crippen LogP contribution < -0.4 is 15.2 Å². The normalized spacial score (nSPS) is 10.9. The molecule has 0 unspecified atom stereocenters. The maximum Gasteiger partial charge on any atom is 0.175 e. The van der Waals surface area contributed by atoms with Crippen LogP contribution in [0, 0.1) is 5.92 Å². The van der Waals surface area contributed by atoms with Crippen molar-refractivity contribution < 1.29 is 9.47 Å². The molecular weight excluding hydrogens is 318 g/mol. The molecule has 1 aromatic rings. The molecule has 0 aliphatic rings. The van der Waals surface area contributed by atoms with E-state index in [4.69, 9.17) is 15.2 Å². The van der Waals surface area contributed by atoms with Crippen LogP contribution >= 0.6 is 15.9 Å². The number of rotatable bonds is 9. The Balaban J connectivity index is 2.76. The predicted molar refractivity (Wildman–Crippen MR) is 87.6 cm³/mol. The van der Waals surface area contributed by atoms with Crippen molar-refractivity contribution in [2.45, 2.75) is 40.0 Å². The molecule has 4 heteroatoms. The van der Waals surface area contributed by atoms with Gasteiger partial charge in [0.2, 0.25) is 0 Å². The van der Waals surface area contributed by atoms with Gasteiger partial charge in [0.15, 0.2) is 11.5 Å². The van der Waals surface area contributed by atoms with E-state index in [0.717, 1.165) is 34.4 Å². The van der Waals surface area contributed by atoms with Crippen LogP contribution in [0.15, 0.2) is 16.6 Å². The zero-order valence-corrected chi connectivity index (χ0v) is 14.3. The highest BCUT2D eigenvalue weighted by Crippen LogP contribution is 2.37. The molecule has 0 aromatic heterocycles. The number of benzene rings is 1. The first-order chi connectivity index (χ1) is 9.58. The Morgan fingerprint density at radius 1 is 1.25 bits per heavy atom. The number of hydrogen-bond donors (Lipinski definition) is 1. The Morgan fingerprint density at radius 3 is 2.60 bits per heavy atom. The summed E-state index contributed by atoms with van der Waals surface area (Å²) in [6.07, 6.45) is 3.07. The van der Waals surface area contributed by atoms with Crippen molar-refractivity contribution in [3.8, 4) is 11.5 Å². The lowest BCUT2D eigenvalue weighted by atomic mass is 10.1. The van der Waals surface area contributed by atoms with Crippen molar-refractivity contribution in [2.75, 3.05) is 19.8 Å². The number of nitrogens with two attached hydrogens (primary N) is 1. The van der Waals surface area contributed by atoms with Gasteiger partial charge in [0, 0.05) is 0 Å². The van der Waals surface area contributed by atoms with Gasteiger partial charge in [-0.3, -0.25) is 0 Å². The zero-order valence-electron chi connectivity index (χ0n) is 12.7. The van der Waals surface area contributed by atoms with Crippen molar-refractivity contribution in [3.05, 3.63) is 22.2 Å². The topological polar surface area (TPSA) is 44.5 Å². The molecule has 0 atom stereocenters. The fourth-order valence-electron chi connectivity index (χ4n) is 2.00. The van der Waals surface area contributed by atoms with Gasteiger partial charge >= 0.3 is 0 Å². The van der Waals surface area contributed by atoms with Crippen LogP contribution in [-0.2, 0) is 6.42 Å². The number of ether oxygens (including phenoxy) is 2. The molecule has 0 saturated carbocycles. The molecule has 3 nitrogen and oxygen atoms in total. The van der Waals surface area contributed by atoms with E-state index in [1.54, 1.807) is 0 Å². The Morgan fingerprint density at radius 2 is 2.00 bits per heavy atom. The van der Waals surface area contributed by atoms with Crippen molar-refractivity contribution >= 4 is 15.9 Å². The van der Waals surface area contributed by atoms with E-state index in [9.17, 15) is 0 Å². The summed E-state index contributed by atoms with van der Waals surface area (Å²) in [5.41, 5.74) is 6.78. The maximum atomic E-state index is 5.90. The van der Waals surface area contributed by atoms with Crippen molar-refractivity contribution in [3.63, 3.8) is 0 Å². The van der Waals surface area contributed by atoms with Gasteiger partial charge in [-0.05, 0) is 72.3 Å². The van der Waals surface area contributed by atoms with E-state index in [-0.39, 0.29) is 0 Å². The number of hydrogen-bond acceptors (Lipinski definition) is 3. The first-order valence-corrected chi connectivity index (χ1v) is 8.15. The molecule has 0 heterocycles. The second kappa shape index (κ2) is 9.24. The van der Waals surface area contributed by atoms with Gasteiger partial charge in [0.05, 0.1) is 17.7 Å². The van der Waals surface area contributed by atoms with Gasteiger partial charge in [-0.2, -0.15) is 0 Å². The van der Waals surface area contributed by atoms with E-state index >= 15 is 0 Å². The van der Waals surface area contributed by atoms with Crippen molar-refractivity contribution in [2.24, 2.45) is 11.7 Å². The first-order valence-electron chi connectivity index (χ1n) is 7.36. The second-order valence-electron chi connectivity index (χ2n) is 5.26. The molecule has 0 bridgehead atoms. The lowest BCUT2D eigenvalue weighted by molar-refractivity contribution is 0.265. The lowest BCUT2D eigenvalue weighted by Gasteiger charge is -2.15. The minimum absolute atomic E-state index is 0.626. The van der Waals surface area contributed by atoms with Crippen LogP contribution in [-0.4, -0.2) is 19.8 Å². The van der Waals surface area contributed by atoms with Gasteiger partial charge in [-0.1, -0.05) is 13.8 Å². The molecule has 0 spiro atoms. The Bertz CT molecular complexity index is 408. The fraction of sp³-hybridized carbons (Fsp3) is 0.625. The van der Waals surface area contributed by atoms with E-state index in [0.29, 0.717) is 25.7 Å². The third-order valence-corrected chi connectivity index (χ3v) is 3.56. The summed E-state index contributed by atoms with van der Waals surface area (Å²) in [5.74, 6) is 2.31. The van der Waals surface area contributed by atoms with E-state index in [1.807, 2.05) is 13.0 Å². The highest BCUT2D eigenvalue weighted by molar-refractivity contribution is 9.10. The molecule has 114 valence electrons. The Kier molecular flexibility index (Phi) is 8.00. The average Bonchev–Trinajstić information content (AvgIpc) is 2.37. The molecule has 0 aliphatic carbocycles. The second-order valence-corrected chi connectivity index (χ2v) is 6.12. The minimum atomic E-state index is 0.626. The summed E-state index contributed by atoms with van der Waals surface area (Å²) in [5, 5.41) is 0. The average molecular weight is 344 g/mol. The highest BCUT2D eigenvalue weighted by atomic mass is 79.9. The fourth-order valence-corrected chi connectivity index (χ4v) is 2.61. The standard InChI is InChI=1S/C16H26BrNO2/c1-4-19-15-11-13(7-8-18)10-14(17)16(15)20-9-5-6-12(2)3/h10-12H,4-9,18H2,1-3H3. The van der Waals surface area contributed by atoms with Crippen LogP contribution in [0.5, 0.6) is 11.5 Å². The van der Waals surface area contributed by atoms with E-state index in [2.05, 4.69) is 35.8 Å². The van der Waals surface area contributed by atoms with Crippen LogP contribution in [0.3, 0.4) is 0 Å². The molecule has 0 amide bonds. The summed E-state index contributed by atoms with van der Waals surface area (Å²) in [7, 11) is 0. The molecule has 1 aromatic carbocycles. The van der Waals surface area contributed by atoms with E-state index in [1.165, 1.54) is 6.42 Å². The molecule has 0 fully saturated rings. The van der Waals surface area contributed by atoms with Crippen molar-refractivity contribution in [1.29, 1.82) is 0 Å². The molecule has 1 rings (SSSR count). The smallest absolute Gasteiger partial charge is 0.175 e. The number of halogens is 1. The molecular formula is C16H26BrNO2. The largest absolute Gasteiger partial charge is 0.490 e.